The van der Waals surface area contributed by atoms with Crippen molar-refractivity contribution in [2.75, 3.05) is 12.5 Å². The van der Waals surface area contributed by atoms with Crippen molar-refractivity contribution in [3.05, 3.63) is 18.2 Å². The molecule has 0 saturated heterocycles. The Morgan fingerprint density at radius 2 is 2.00 bits per heavy atom. The molecule has 0 unspecified atom stereocenters. The summed E-state index contributed by atoms with van der Waals surface area (Å²) in [6.07, 6.45) is 0. The first kappa shape index (κ1) is 14.0. The Bertz CT molecular complexity index is 435. The van der Waals surface area contributed by atoms with E-state index in [9.17, 15) is 8.42 Å². The van der Waals surface area contributed by atoms with Crippen LogP contribution in [0, 0.1) is 0 Å². The van der Waals surface area contributed by atoms with Gasteiger partial charge < -0.3 is 10.2 Å². The fourth-order valence-corrected chi connectivity index (χ4v) is 1.67. The van der Waals surface area contributed by atoms with E-state index in [-0.39, 0.29) is 23.1 Å². The summed E-state index contributed by atoms with van der Waals surface area (Å²) in [6, 6.07) is 4.26. The fourth-order valence-electron chi connectivity index (χ4n) is 0.992. The molecule has 0 atom stereocenters. The second-order valence-corrected chi connectivity index (χ2v) is 4.08. The van der Waals surface area contributed by atoms with Gasteiger partial charge in [-0.1, -0.05) is 0 Å². The lowest BCUT2D eigenvalue weighted by atomic mass is 10.3. The SMILES string of the molecule is COc1cc(NN)ccc1S(N)(=O)=O.Cl. The number of anilines is 1. The average Bonchev–Trinajstić information content (AvgIpc) is 2.15. The van der Waals surface area contributed by atoms with Gasteiger partial charge in [-0.3, -0.25) is 5.84 Å². The van der Waals surface area contributed by atoms with Crippen molar-refractivity contribution < 1.29 is 13.2 Å². The van der Waals surface area contributed by atoms with Gasteiger partial charge in [-0.2, -0.15) is 0 Å². The third-order valence-electron chi connectivity index (χ3n) is 1.64. The van der Waals surface area contributed by atoms with Crippen molar-refractivity contribution in [1.82, 2.24) is 0 Å². The van der Waals surface area contributed by atoms with Gasteiger partial charge in [-0.25, -0.2) is 13.6 Å². The van der Waals surface area contributed by atoms with Crippen molar-refractivity contribution in [2.45, 2.75) is 4.90 Å². The molecule has 1 aromatic carbocycles. The van der Waals surface area contributed by atoms with Crippen LogP contribution in [0.1, 0.15) is 0 Å². The van der Waals surface area contributed by atoms with E-state index in [2.05, 4.69) is 5.43 Å². The summed E-state index contributed by atoms with van der Waals surface area (Å²) in [7, 11) is -2.41. The minimum Gasteiger partial charge on any atom is -0.495 e. The number of rotatable bonds is 3. The van der Waals surface area contributed by atoms with Crippen LogP contribution in [0.25, 0.3) is 0 Å². The summed E-state index contributed by atoms with van der Waals surface area (Å²) in [6.45, 7) is 0. The molecule has 5 N–H and O–H groups in total. The number of hydrazine groups is 1. The molecule has 0 aliphatic rings. The molecule has 0 aliphatic heterocycles. The Labute approximate surface area is 94.0 Å². The molecule has 0 fully saturated rings. The number of hydrogen-bond acceptors (Lipinski definition) is 5. The lowest BCUT2D eigenvalue weighted by Crippen LogP contribution is -2.14. The van der Waals surface area contributed by atoms with Crippen LogP contribution >= 0.6 is 12.4 Å². The number of nitrogen functional groups attached to an aromatic ring is 1. The van der Waals surface area contributed by atoms with Crippen LogP contribution in [0.5, 0.6) is 5.75 Å². The molecule has 1 aromatic rings. The van der Waals surface area contributed by atoms with Gasteiger partial charge in [0.1, 0.15) is 10.6 Å². The molecule has 0 saturated carbocycles. The second kappa shape index (κ2) is 5.17. The molecular formula is C7H12ClN3O3S. The maximum Gasteiger partial charge on any atom is 0.241 e. The number of nitrogens with one attached hydrogen (secondary N) is 1. The van der Waals surface area contributed by atoms with Gasteiger partial charge in [0.15, 0.2) is 0 Å². The van der Waals surface area contributed by atoms with E-state index >= 15 is 0 Å². The number of primary sulfonamides is 1. The van der Waals surface area contributed by atoms with Crippen molar-refractivity contribution >= 4 is 28.1 Å². The van der Waals surface area contributed by atoms with Gasteiger partial charge in [0, 0.05) is 6.07 Å². The zero-order valence-electron chi connectivity index (χ0n) is 7.93. The third-order valence-corrected chi connectivity index (χ3v) is 2.59. The van der Waals surface area contributed by atoms with Crippen LogP contribution in [0.4, 0.5) is 5.69 Å². The average molecular weight is 254 g/mol. The number of sulfonamides is 1. The molecule has 15 heavy (non-hydrogen) atoms. The highest BCUT2D eigenvalue weighted by Gasteiger charge is 2.14. The molecule has 8 heteroatoms. The van der Waals surface area contributed by atoms with Crippen LogP contribution in [-0.2, 0) is 10.0 Å². The molecule has 0 amide bonds. The summed E-state index contributed by atoms with van der Waals surface area (Å²) in [5.74, 6) is 5.30. The summed E-state index contributed by atoms with van der Waals surface area (Å²) in [4.78, 5) is -0.0704. The van der Waals surface area contributed by atoms with E-state index < -0.39 is 10.0 Å². The second-order valence-electron chi connectivity index (χ2n) is 2.55. The molecule has 0 radical (unpaired) electrons. The predicted molar refractivity (Wildman–Crippen MR) is 59.4 cm³/mol. The zero-order valence-corrected chi connectivity index (χ0v) is 9.56. The van der Waals surface area contributed by atoms with Gasteiger partial charge in [-0.15, -0.1) is 12.4 Å². The number of methoxy groups -OCH3 is 1. The highest BCUT2D eigenvalue weighted by molar-refractivity contribution is 7.89. The number of ether oxygens (including phenoxy) is 1. The Hall–Kier alpha value is -1.02. The highest BCUT2D eigenvalue weighted by Crippen LogP contribution is 2.25. The number of benzene rings is 1. The summed E-state index contributed by atoms with van der Waals surface area (Å²) >= 11 is 0. The van der Waals surface area contributed by atoms with Crippen molar-refractivity contribution in [2.24, 2.45) is 11.0 Å². The summed E-state index contributed by atoms with van der Waals surface area (Å²) < 4.78 is 27.0. The van der Waals surface area contributed by atoms with Crippen LogP contribution < -0.4 is 21.1 Å². The van der Waals surface area contributed by atoms with Gasteiger partial charge in [0.25, 0.3) is 0 Å². The quantitative estimate of drug-likeness (QED) is 0.521. The Morgan fingerprint density at radius 3 is 2.40 bits per heavy atom. The molecular weight excluding hydrogens is 242 g/mol. The van der Waals surface area contributed by atoms with Crippen LogP contribution in [-0.4, -0.2) is 15.5 Å². The largest absolute Gasteiger partial charge is 0.495 e. The topological polar surface area (TPSA) is 107 Å². The van der Waals surface area contributed by atoms with Gasteiger partial charge in [0.05, 0.1) is 12.8 Å². The lowest BCUT2D eigenvalue weighted by molar-refractivity contribution is 0.403. The van der Waals surface area contributed by atoms with E-state index in [0.29, 0.717) is 5.69 Å². The first-order valence-corrected chi connectivity index (χ1v) is 5.21. The zero-order chi connectivity index (χ0) is 10.8. The maximum absolute atomic E-state index is 11.1. The van der Waals surface area contributed by atoms with E-state index in [1.165, 1.54) is 25.3 Å². The van der Waals surface area contributed by atoms with E-state index in [1.54, 1.807) is 0 Å². The minimum absolute atomic E-state index is 0. The molecule has 0 aromatic heterocycles. The monoisotopic (exact) mass is 253 g/mol. The third kappa shape index (κ3) is 3.24. The van der Waals surface area contributed by atoms with Crippen molar-refractivity contribution in [3.8, 4) is 5.75 Å². The maximum atomic E-state index is 11.1. The van der Waals surface area contributed by atoms with Crippen LogP contribution in [0.2, 0.25) is 0 Å². The molecule has 0 aliphatic carbocycles. The first-order valence-electron chi connectivity index (χ1n) is 3.66. The fraction of sp³-hybridized carbons (Fsp3) is 0.143. The van der Waals surface area contributed by atoms with E-state index in [4.69, 9.17) is 15.7 Å². The normalized spacial score (nSPS) is 10.3. The Morgan fingerprint density at radius 1 is 1.40 bits per heavy atom. The van der Waals surface area contributed by atoms with Gasteiger partial charge in [-0.05, 0) is 12.1 Å². The standard InChI is InChI=1S/C7H11N3O3S.ClH/c1-13-6-4-5(10-8)2-3-7(6)14(9,11)12;/h2-4,10H,8H2,1H3,(H2,9,11,12);1H. The van der Waals surface area contributed by atoms with Crippen molar-refractivity contribution in [1.29, 1.82) is 0 Å². The summed E-state index contributed by atoms with van der Waals surface area (Å²) in [5.41, 5.74) is 2.90. The molecule has 0 heterocycles. The predicted octanol–water partition coefficient (Wildman–Crippen LogP) is 0.0500. The smallest absolute Gasteiger partial charge is 0.241 e. The Kier molecular flexibility index (Phi) is 4.82. The summed E-state index contributed by atoms with van der Waals surface area (Å²) in [5, 5.41) is 4.97. The number of nitrogens with two attached hydrogens (primary N) is 2. The molecule has 0 spiro atoms. The highest BCUT2D eigenvalue weighted by atomic mass is 35.5. The molecule has 6 nitrogen and oxygen atoms in total. The molecule has 86 valence electrons. The van der Waals surface area contributed by atoms with Gasteiger partial charge in [0.2, 0.25) is 10.0 Å². The lowest BCUT2D eigenvalue weighted by Gasteiger charge is -2.08. The number of halogens is 1. The van der Waals surface area contributed by atoms with E-state index in [0.717, 1.165) is 0 Å². The molecule has 0 bridgehead atoms. The number of hydrogen-bond donors (Lipinski definition) is 3. The van der Waals surface area contributed by atoms with E-state index in [1.807, 2.05) is 0 Å². The van der Waals surface area contributed by atoms with Crippen LogP contribution in [0.15, 0.2) is 23.1 Å². The minimum atomic E-state index is -3.76. The molecule has 1 rings (SSSR count). The Balaban J connectivity index is 0.00000196. The van der Waals surface area contributed by atoms with Gasteiger partial charge >= 0.3 is 0 Å². The first-order chi connectivity index (χ1) is 6.49. The van der Waals surface area contributed by atoms with Crippen molar-refractivity contribution in [3.63, 3.8) is 0 Å². The van der Waals surface area contributed by atoms with Crippen LogP contribution in [0.3, 0.4) is 0 Å².